The van der Waals surface area contributed by atoms with Gasteiger partial charge in [0.25, 0.3) is 11.5 Å². The minimum absolute atomic E-state index is 0.0282. The molecule has 0 saturated heterocycles. The Labute approximate surface area is 207 Å². The second-order valence-corrected chi connectivity index (χ2v) is 8.61. The van der Waals surface area contributed by atoms with Crippen molar-refractivity contribution in [3.05, 3.63) is 91.3 Å². The second kappa shape index (κ2) is 10.1. The van der Waals surface area contributed by atoms with Gasteiger partial charge in [0.1, 0.15) is 6.04 Å². The summed E-state index contributed by atoms with van der Waals surface area (Å²) < 4.78 is 42.0. The highest BCUT2D eigenvalue weighted by atomic mass is 35.5. The van der Waals surface area contributed by atoms with Gasteiger partial charge in [-0.2, -0.15) is 13.2 Å². The highest BCUT2D eigenvalue weighted by Crippen LogP contribution is 2.36. The first-order chi connectivity index (χ1) is 16.3. The van der Waals surface area contributed by atoms with E-state index < -0.39 is 40.8 Å². The third kappa shape index (κ3) is 5.68. The molecule has 0 aliphatic rings. The predicted molar refractivity (Wildman–Crippen MR) is 126 cm³/mol. The van der Waals surface area contributed by atoms with E-state index in [2.05, 4.69) is 5.32 Å². The molecule has 0 spiro atoms. The number of halogens is 5. The average molecular weight is 527 g/mol. The number of alkyl halides is 3. The molecule has 1 aromatic heterocycles. The molecule has 1 heterocycles. The summed E-state index contributed by atoms with van der Waals surface area (Å²) >= 11 is 12.0. The van der Waals surface area contributed by atoms with Gasteiger partial charge in [0.05, 0.1) is 26.7 Å². The molecule has 0 bridgehead atoms. The molecule has 3 aromatic rings. The summed E-state index contributed by atoms with van der Waals surface area (Å²) in [5, 5.41) is 12.0. The monoisotopic (exact) mass is 526 g/mol. The van der Waals surface area contributed by atoms with E-state index in [1.165, 1.54) is 56.4 Å². The molecule has 0 fully saturated rings. The second-order valence-electron chi connectivity index (χ2n) is 7.80. The number of aliphatic carboxylic acids is 1. The Bertz CT molecular complexity index is 1330. The SMILES string of the molecule is Cc1cc(C(F)(F)F)c(-c2ccc(C[C@@H](NC(=O)c3c(Cl)cccc3Cl)C(=O)O)cc2)c(=O)n1C. The lowest BCUT2D eigenvalue weighted by atomic mass is 9.97. The molecule has 2 N–H and O–H groups in total. The average Bonchev–Trinajstić information content (AvgIpc) is 2.76. The summed E-state index contributed by atoms with van der Waals surface area (Å²) in [7, 11) is 1.38. The van der Waals surface area contributed by atoms with E-state index >= 15 is 0 Å². The van der Waals surface area contributed by atoms with Crippen LogP contribution in [-0.2, 0) is 24.4 Å². The Balaban J connectivity index is 1.90. The van der Waals surface area contributed by atoms with Gasteiger partial charge in [0, 0.05) is 19.2 Å². The summed E-state index contributed by atoms with van der Waals surface area (Å²) in [6, 6.07) is 9.34. The van der Waals surface area contributed by atoms with Crippen LogP contribution in [0.2, 0.25) is 10.0 Å². The van der Waals surface area contributed by atoms with Crippen LogP contribution >= 0.6 is 23.2 Å². The Morgan fingerprint density at radius 2 is 1.66 bits per heavy atom. The summed E-state index contributed by atoms with van der Waals surface area (Å²) in [6.07, 6.45) is -4.92. The van der Waals surface area contributed by atoms with Crippen LogP contribution in [0.3, 0.4) is 0 Å². The van der Waals surface area contributed by atoms with E-state index in [1.807, 2.05) is 0 Å². The molecule has 3 rings (SSSR count). The maximum absolute atomic E-state index is 13.6. The Morgan fingerprint density at radius 3 is 2.17 bits per heavy atom. The van der Waals surface area contributed by atoms with Gasteiger partial charge in [-0.3, -0.25) is 9.59 Å². The molecule has 0 aliphatic carbocycles. The van der Waals surface area contributed by atoms with Crippen molar-refractivity contribution in [3.8, 4) is 11.1 Å². The smallest absolute Gasteiger partial charge is 0.417 e. The number of carboxylic acids is 1. The number of nitrogens with zero attached hydrogens (tertiary/aromatic N) is 1. The molecular formula is C24H19Cl2F3N2O4. The van der Waals surface area contributed by atoms with Gasteiger partial charge in [0.15, 0.2) is 0 Å². The minimum Gasteiger partial charge on any atom is -0.480 e. The topological polar surface area (TPSA) is 88.4 Å². The van der Waals surface area contributed by atoms with Gasteiger partial charge in [0.2, 0.25) is 0 Å². The van der Waals surface area contributed by atoms with Crippen molar-refractivity contribution in [2.75, 3.05) is 0 Å². The molecule has 35 heavy (non-hydrogen) atoms. The molecule has 0 aliphatic heterocycles. The largest absolute Gasteiger partial charge is 0.480 e. The van der Waals surface area contributed by atoms with Crippen molar-refractivity contribution in [2.24, 2.45) is 7.05 Å². The first-order valence-corrected chi connectivity index (χ1v) is 10.9. The van der Waals surface area contributed by atoms with Crippen LogP contribution in [0.15, 0.2) is 53.3 Å². The first-order valence-electron chi connectivity index (χ1n) is 10.2. The van der Waals surface area contributed by atoms with Crippen LogP contribution in [0.4, 0.5) is 13.2 Å². The molecule has 184 valence electrons. The molecule has 1 atom stereocenters. The first kappa shape index (κ1) is 26.3. The fourth-order valence-corrected chi connectivity index (χ4v) is 4.08. The van der Waals surface area contributed by atoms with Crippen molar-refractivity contribution in [1.29, 1.82) is 0 Å². The van der Waals surface area contributed by atoms with Gasteiger partial charge in [-0.15, -0.1) is 0 Å². The van der Waals surface area contributed by atoms with E-state index in [1.54, 1.807) is 0 Å². The lowest BCUT2D eigenvalue weighted by molar-refractivity contribution is -0.139. The molecule has 6 nitrogen and oxygen atoms in total. The fraction of sp³-hybridized carbons (Fsp3) is 0.208. The van der Waals surface area contributed by atoms with Crippen molar-refractivity contribution >= 4 is 35.1 Å². The van der Waals surface area contributed by atoms with Crippen LogP contribution in [-0.4, -0.2) is 27.6 Å². The maximum atomic E-state index is 13.6. The van der Waals surface area contributed by atoms with E-state index in [0.717, 1.165) is 10.6 Å². The van der Waals surface area contributed by atoms with Gasteiger partial charge < -0.3 is 15.0 Å². The van der Waals surface area contributed by atoms with E-state index in [4.69, 9.17) is 23.2 Å². The standard InChI is InChI=1S/C24H19Cl2F3N2O4/c1-12-10-15(24(27,28)29)19(22(33)31(12)2)14-8-6-13(7-9-14)11-18(23(34)35)30-21(32)20-16(25)4-3-5-17(20)26/h3-10,18H,11H2,1-2H3,(H,30,32)(H,34,35)/t18-/m1/s1. The lowest BCUT2D eigenvalue weighted by Crippen LogP contribution is -2.42. The summed E-state index contributed by atoms with van der Waals surface area (Å²) in [4.78, 5) is 37.0. The normalized spacial score (nSPS) is 12.3. The summed E-state index contributed by atoms with van der Waals surface area (Å²) in [6.45, 7) is 1.40. The number of amides is 1. The number of carbonyl (C=O) groups excluding carboxylic acids is 1. The number of carbonyl (C=O) groups is 2. The third-order valence-corrected chi connectivity index (χ3v) is 6.08. The third-order valence-electron chi connectivity index (χ3n) is 5.45. The highest BCUT2D eigenvalue weighted by molar-refractivity contribution is 6.39. The minimum atomic E-state index is -4.75. The lowest BCUT2D eigenvalue weighted by Gasteiger charge is -2.17. The summed E-state index contributed by atoms with van der Waals surface area (Å²) in [5.41, 5.74) is -1.86. The number of aromatic nitrogens is 1. The van der Waals surface area contributed by atoms with Gasteiger partial charge >= 0.3 is 12.1 Å². The maximum Gasteiger partial charge on any atom is 0.417 e. The number of carboxylic acid groups (broad SMARTS) is 1. The fourth-order valence-electron chi connectivity index (χ4n) is 3.51. The molecule has 1 amide bonds. The van der Waals surface area contributed by atoms with Crippen molar-refractivity contribution in [3.63, 3.8) is 0 Å². The number of hydrogen-bond acceptors (Lipinski definition) is 3. The zero-order valence-corrected chi connectivity index (χ0v) is 19.9. The van der Waals surface area contributed by atoms with E-state index in [-0.39, 0.29) is 33.3 Å². The molecule has 2 aromatic carbocycles. The van der Waals surface area contributed by atoms with Crippen LogP contribution in [0.5, 0.6) is 0 Å². The molecule has 0 saturated carbocycles. The Morgan fingerprint density at radius 1 is 1.09 bits per heavy atom. The van der Waals surface area contributed by atoms with Gasteiger partial charge in [-0.05, 0) is 36.2 Å². The molecule has 11 heteroatoms. The number of benzene rings is 2. The number of hydrogen-bond donors (Lipinski definition) is 2. The highest BCUT2D eigenvalue weighted by Gasteiger charge is 2.36. The van der Waals surface area contributed by atoms with Crippen molar-refractivity contribution < 1.29 is 27.9 Å². The van der Waals surface area contributed by atoms with Crippen LogP contribution in [0, 0.1) is 6.92 Å². The van der Waals surface area contributed by atoms with E-state index in [9.17, 15) is 32.7 Å². The Hall–Kier alpha value is -3.30. The van der Waals surface area contributed by atoms with Crippen molar-refractivity contribution in [1.82, 2.24) is 9.88 Å². The van der Waals surface area contributed by atoms with Crippen LogP contribution < -0.4 is 10.9 Å². The van der Waals surface area contributed by atoms with Crippen molar-refractivity contribution in [2.45, 2.75) is 25.6 Å². The van der Waals surface area contributed by atoms with Crippen LogP contribution in [0.25, 0.3) is 11.1 Å². The molecule has 0 radical (unpaired) electrons. The summed E-state index contributed by atoms with van der Waals surface area (Å²) in [5.74, 6) is -2.13. The zero-order chi connectivity index (χ0) is 26.1. The van der Waals surface area contributed by atoms with Gasteiger partial charge in [-0.25, -0.2) is 4.79 Å². The number of rotatable bonds is 6. The van der Waals surface area contributed by atoms with Crippen LogP contribution in [0.1, 0.15) is 27.2 Å². The Kier molecular flexibility index (Phi) is 7.62. The number of pyridine rings is 1. The molecule has 0 unspecified atom stereocenters. The van der Waals surface area contributed by atoms with E-state index in [0.29, 0.717) is 5.56 Å². The predicted octanol–water partition coefficient (Wildman–Crippen LogP) is 5.11. The quantitative estimate of drug-likeness (QED) is 0.467. The molecular weight excluding hydrogens is 508 g/mol. The zero-order valence-electron chi connectivity index (χ0n) is 18.4. The van der Waals surface area contributed by atoms with Gasteiger partial charge in [-0.1, -0.05) is 53.5 Å². The number of aryl methyl sites for hydroxylation is 1. The number of nitrogens with one attached hydrogen (secondary N) is 1.